The summed E-state index contributed by atoms with van der Waals surface area (Å²) in [6.07, 6.45) is 2.05. The SMILES string of the molecule is CC(C)C(NC(=O)CNC(=O)C(N)Cc1c[nH]c2ccccc12)C(=O)NC(CO)C(=O)O. The molecule has 2 rings (SSSR count). The van der Waals surface area contributed by atoms with Gasteiger partial charge in [-0.15, -0.1) is 0 Å². The van der Waals surface area contributed by atoms with Gasteiger partial charge in [-0.25, -0.2) is 4.79 Å². The van der Waals surface area contributed by atoms with Gasteiger partial charge in [0.15, 0.2) is 0 Å². The standard InChI is InChI=1S/C21H29N5O6/c1-11(2)18(20(30)25-16(10-27)21(31)32)26-17(28)9-24-19(29)14(22)7-12-8-23-15-6-4-3-5-13(12)15/h3-6,8,11,14,16,18,23,27H,7,9-10,22H2,1-2H3,(H,24,29)(H,25,30)(H,26,28)(H,31,32). The van der Waals surface area contributed by atoms with Crippen LogP contribution in [-0.4, -0.2) is 70.2 Å². The Kier molecular flexibility index (Phi) is 8.73. The van der Waals surface area contributed by atoms with E-state index in [1.54, 1.807) is 20.0 Å². The Hall–Kier alpha value is -3.44. The van der Waals surface area contributed by atoms with Crippen molar-refractivity contribution >= 4 is 34.6 Å². The van der Waals surface area contributed by atoms with Gasteiger partial charge in [-0.05, 0) is 24.0 Å². The van der Waals surface area contributed by atoms with Gasteiger partial charge in [-0.1, -0.05) is 32.0 Å². The van der Waals surface area contributed by atoms with E-state index < -0.39 is 55.0 Å². The monoisotopic (exact) mass is 447 g/mol. The molecule has 174 valence electrons. The number of aliphatic hydroxyl groups is 1. The second-order valence-corrected chi connectivity index (χ2v) is 7.76. The number of H-pyrrole nitrogens is 1. The number of aliphatic carboxylic acids is 1. The molecule has 11 nitrogen and oxygen atoms in total. The number of fused-ring (bicyclic) bond motifs is 1. The van der Waals surface area contributed by atoms with Crippen LogP contribution in [0, 0.1) is 5.92 Å². The summed E-state index contributed by atoms with van der Waals surface area (Å²) in [6.45, 7) is 2.13. The van der Waals surface area contributed by atoms with Crippen molar-refractivity contribution in [2.45, 2.75) is 38.4 Å². The second-order valence-electron chi connectivity index (χ2n) is 7.76. The minimum atomic E-state index is -1.48. The number of amides is 3. The van der Waals surface area contributed by atoms with E-state index in [1.807, 2.05) is 24.3 Å². The molecule has 0 saturated heterocycles. The number of aromatic nitrogens is 1. The van der Waals surface area contributed by atoms with E-state index in [0.717, 1.165) is 16.5 Å². The number of hydrogen-bond acceptors (Lipinski definition) is 6. The Morgan fingerprint density at radius 2 is 1.78 bits per heavy atom. The molecule has 3 amide bonds. The summed E-state index contributed by atoms with van der Waals surface area (Å²) in [7, 11) is 0. The van der Waals surface area contributed by atoms with Crippen LogP contribution in [0.4, 0.5) is 0 Å². The number of carboxylic acids is 1. The van der Waals surface area contributed by atoms with E-state index in [4.69, 9.17) is 15.9 Å². The van der Waals surface area contributed by atoms with E-state index in [-0.39, 0.29) is 12.3 Å². The Balaban J connectivity index is 1.88. The molecule has 32 heavy (non-hydrogen) atoms. The molecular weight excluding hydrogens is 418 g/mol. The number of nitrogens with two attached hydrogens (primary N) is 1. The van der Waals surface area contributed by atoms with E-state index in [1.165, 1.54) is 0 Å². The molecule has 2 aromatic rings. The lowest BCUT2D eigenvalue weighted by atomic mass is 10.0. The van der Waals surface area contributed by atoms with Crippen molar-refractivity contribution in [3.8, 4) is 0 Å². The Morgan fingerprint density at radius 1 is 1.09 bits per heavy atom. The first kappa shape index (κ1) is 24.8. The first-order valence-corrected chi connectivity index (χ1v) is 10.2. The molecule has 11 heteroatoms. The van der Waals surface area contributed by atoms with Gasteiger partial charge in [-0.2, -0.15) is 0 Å². The number of rotatable bonds is 11. The third-order valence-electron chi connectivity index (χ3n) is 4.94. The summed E-state index contributed by atoms with van der Waals surface area (Å²) in [6, 6.07) is 4.19. The van der Waals surface area contributed by atoms with Gasteiger partial charge in [-0.3, -0.25) is 14.4 Å². The number of aromatic amines is 1. The zero-order chi connectivity index (χ0) is 23.8. The van der Waals surface area contributed by atoms with Crippen LogP contribution in [0.15, 0.2) is 30.5 Å². The van der Waals surface area contributed by atoms with E-state index in [0.29, 0.717) is 0 Å². The first-order valence-electron chi connectivity index (χ1n) is 10.2. The maximum Gasteiger partial charge on any atom is 0.328 e. The van der Waals surface area contributed by atoms with E-state index in [2.05, 4.69) is 20.9 Å². The normalized spacial score (nSPS) is 13.9. The van der Waals surface area contributed by atoms with Gasteiger partial charge in [0.1, 0.15) is 12.1 Å². The lowest BCUT2D eigenvalue weighted by Crippen LogP contribution is -2.56. The topological polar surface area (TPSA) is 187 Å². The fourth-order valence-electron chi connectivity index (χ4n) is 3.14. The summed E-state index contributed by atoms with van der Waals surface area (Å²) in [5.74, 6) is -3.68. The van der Waals surface area contributed by atoms with Crippen molar-refractivity contribution < 1.29 is 29.4 Å². The number of carboxylic acid groups (broad SMARTS) is 1. The smallest absolute Gasteiger partial charge is 0.328 e. The third-order valence-corrected chi connectivity index (χ3v) is 4.94. The highest BCUT2D eigenvalue weighted by Gasteiger charge is 2.28. The fourth-order valence-corrected chi connectivity index (χ4v) is 3.14. The molecule has 8 N–H and O–H groups in total. The molecular formula is C21H29N5O6. The average Bonchev–Trinajstić information content (AvgIpc) is 3.16. The van der Waals surface area contributed by atoms with Gasteiger partial charge < -0.3 is 36.9 Å². The highest BCUT2D eigenvalue weighted by atomic mass is 16.4. The van der Waals surface area contributed by atoms with Crippen LogP contribution >= 0.6 is 0 Å². The molecule has 0 spiro atoms. The molecule has 0 bridgehead atoms. The van der Waals surface area contributed by atoms with E-state index >= 15 is 0 Å². The zero-order valence-electron chi connectivity index (χ0n) is 17.9. The molecule has 0 saturated carbocycles. The number of hydrogen-bond donors (Lipinski definition) is 7. The number of nitrogens with one attached hydrogen (secondary N) is 4. The minimum absolute atomic E-state index is 0.270. The van der Waals surface area contributed by atoms with Gasteiger partial charge in [0.05, 0.1) is 19.2 Å². The van der Waals surface area contributed by atoms with Gasteiger partial charge in [0, 0.05) is 17.1 Å². The van der Waals surface area contributed by atoms with Crippen molar-refractivity contribution in [2.75, 3.05) is 13.2 Å². The number of carbonyl (C=O) groups excluding carboxylic acids is 3. The number of benzene rings is 1. The van der Waals surface area contributed by atoms with Crippen molar-refractivity contribution in [3.05, 3.63) is 36.0 Å². The maximum atomic E-state index is 12.3. The molecule has 1 aromatic carbocycles. The summed E-state index contributed by atoms with van der Waals surface area (Å²) in [4.78, 5) is 51.0. The predicted molar refractivity (Wildman–Crippen MR) is 116 cm³/mol. The Bertz CT molecular complexity index is 972. The van der Waals surface area contributed by atoms with Gasteiger partial charge in [0.2, 0.25) is 17.7 Å². The fraction of sp³-hybridized carbons (Fsp3) is 0.429. The molecule has 0 aliphatic heterocycles. The van der Waals surface area contributed by atoms with Crippen molar-refractivity contribution in [3.63, 3.8) is 0 Å². The molecule has 1 aromatic heterocycles. The zero-order valence-corrected chi connectivity index (χ0v) is 17.9. The van der Waals surface area contributed by atoms with Crippen LogP contribution < -0.4 is 21.7 Å². The summed E-state index contributed by atoms with van der Waals surface area (Å²) in [5, 5.41) is 26.0. The van der Waals surface area contributed by atoms with E-state index in [9.17, 15) is 19.2 Å². The quantitative estimate of drug-likeness (QED) is 0.227. The largest absolute Gasteiger partial charge is 0.480 e. The summed E-state index contributed by atoms with van der Waals surface area (Å²) in [5.41, 5.74) is 7.79. The summed E-state index contributed by atoms with van der Waals surface area (Å²) >= 11 is 0. The second kappa shape index (κ2) is 11.3. The highest BCUT2D eigenvalue weighted by Crippen LogP contribution is 2.18. The molecule has 1 heterocycles. The molecule has 3 unspecified atom stereocenters. The maximum absolute atomic E-state index is 12.3. The summed E-state index contributed by atoms with van der Waals surface area (Å²) < 4.78 is 0. The predicted octanol–water partition coefficient (Wildman–Crippen LogP) is -1.14. The van der Waals surface area contributed by atoms with Crippen LogP contribution in [0.25, 0.3) is 10.9 Å². The Labute approximate surface area is 184 Å². The van der Waals surface area contributed by atoms with Crippen LogP contribution in [0.3, 0.4) is 0 Å². The molecule has 0 radical (unpaired) electrons. The number of carbonyl (C=O) groups is 4. The van der Waals surface area contributed by atoms with Gasteiger partial charge >= 0.3 is 5.97 Å². The van der Waals surface area contributed by atoms with Crippen LogP contribution in [0.1, 0.15) is 19.4 Å². The van der Waals surface area contributed by atoms with Crippen molar-refractivity contribution in [1.82, 2.24) is 20.9 Å². The molecule has 3 atom stereocenters. The molecule has 0 fully saturated rings. The molecule has 0 aliphatic carbocycles. The van der Waals surface area contributed by atoms with Gasteiger partial charge in [0.25, 0.3) is 0 Å². The first-order chi connectivity index (χ1) is 15.1. The highest BCUT2D eigenvalue weighted by molar-refractivity contribution is 5.93. The number of aliphatic hydroxyl groups excluding tert-OH is 1. The molecule has 0 aliphatic rings. The van der Waals surface area contributed by atoms with Crippen LogP contribution in [0.2, 0.25) is 0 Å². The van der Waals surface area contributed by atoms with Crippen LogP contribution in [-0.2, 0) is 25.6 Å². The minimum Gasteiger partial charge on any atom is -0.480 e. The average molecular weight is 447 g/mol. The lowest BCUT2D eigenvalue weighted by molar-refractivity contribution is -0.143. The van der Waals surface area contributed by atoms with Crippen molar-refractivity contribution in [1.29, 1.82) is 0 Å². The lowest BCUT2D eigenvalue weighted by Gasteiger charge is -2.23. The Morgan fingerprint density at radius 3 is 2.41 bits per heavy atom. The number of para-hydroxylation sites is 1. The van der Waals surface area contributed by atoms with Crippen LogP contribution in [0.5, 0.6) is 0 Å². The third kappa shape index (κ3) is 6.53. The van der Waals surface area contributed by atoms with Crippen molar-refractivity contribution in [2.24, 2.45) is 11.7 Å².